The molecule has 1 unspecified atom stereocenters. The average Bonchev–Trinajstić information content (AvgIpc) is 2.21. The Bertz CT molecular complexity index is 268. The van der Waals surface area contributed by atoms with E-state index < -0.39 is 0 Å². The molecule has 1 N–H and O–H groups in total. The fourth-order valence-corrected chi connectivity index (χ4v) is 1.93. The molecule has 0 bridgehead atoms. The van der Waals surface area contributed by atoms with Crippen LogP contribution in [0, 0.1) is 0 Å². The maximum absolute atomic E-state index is 9.56. The van der Waals surface area contributed by atoms with Gasteiger partial charge in [-0.3, -0.25) is 0 Å². The second kappa shape index (κ2) is 7.02. The SMILES string of the molecule is CCCC(O)CCCc1ccc(Br)cc1. The monoisotopic (exact) mass is 270 g/mol. The van der Waals surface area contributed by atoms with E-state index >= 15 is 0 Å². The summed E-state index contributed by atoms with van der Waals surface area (Å²) >= 11 is 3.42. The third-order valence-corrected chi connectivity index (χ3v) is 3.07. The largest absolute Gasteiger partial charge is 0.393 e. The first-order valence-electron chi connectivity index (χ1n) is 5.65. The van der Waals surface area contributed by atoms with Crippen LogP contribution in [0.1, 0.15) is 38.2 Å². The molecule has 0 heterocycles. The minimum Gasteiger partial charge on any atom is -0.393 e. The molecule has 2 heteroatoms. The molecule has 0 fully saturated rings. The predicted octanol–water partition coefficient (Wildman–Crippen LogP) is 3.93. The molecule has 1 rings (SSSR count). The number of aryl methyl sites for hydroxylation is 1. The van der Waals surface area contributed by atoms with Crippen LogP contribution in [0.5, 0.6) is 0 Å². The predicted molar refractivity (Wildman–Crippen MR) is 68.0 cm³/mol. The Balaban J connectivity index is 2.22. The molecule has 0 saturated heterocycles. The molecule has 0 saturated carbocycles. The van der Waals surface area contributed by atoms with E-state index in [0.717, 1.165) is 36.6 Å². The highest BCUT2D eigenvalue weighted by atomic mass is 79.9. The lowest BCUT2D eigenvalue weighted by Gasteiger charge is -2.08. The van der Waals surface area contributed by atoms with Gasteiger partial charge in [-0.15, -0.1) is 0 Å². The van der Waals surface area contributed by atoms with Gasteiger partial charge in [0.05, 0.1) is 6.10 Å². The zero-order chi connectivity index (χ0) is 11.1. The van der Waals surface area contributed by atoms with Crippen LogP contribution in [0.4, 0.5) is 0 Å². The second-order valence-electron chi connectivity index (χ2n) is 3.96. The lowest BCUT2D eigenvalue weighted by Crippen LogP contribution is -2.05. The Morgan fingerprint density at radius 1 is 1.20 bits per heavy atom. The number of aliphatic hydroxyl groups is 1. The number of hydrogen-bond donors (Lipinski definition) is 1. The summed E-state index contributed by atoms with van der Waals surface area (Å²) in [4.78, 5) is 0. The fourth-order valence-electron chi connectivity index (χ4n) is 1.67. The molecular formula is C13H19BrO. The van der Waals surface area contributed by atoms with Crippen molar-refractivity contribution in [1.82, 2.24) is 0 Å². The van der Waals surface area contributed by atoms with Gasteiger partial charge in [0.2, 0.25) is 0 Å². The van der Waals surface area contributed by atoms with Crippen molar-refractivity contribution < 1.29 is 5.11 Å². The van der Waals surface area contributed by atoms with Gasteiger partial charge in [-0.1, -0.05) is 41.4 Å². The Morgan fingerprint density at radius 2 is 1.87 bits per heavy atom. The van der Waals surface area contributed by atoms with Gasteiger partial charge in [0.25, 0.3) is 0 Å². The summed E-state index contributed by atoms with van der Waals surface area (Å²) < 4.78 is 1.12. The van der Waals surface area contributed by atoms with Crippen molar-refractivity contribution in [3.05, 3.63) is 34.3 Å². The Morgan fingerprint density at radius 3 is 2.47 bits per heavy atom. The molecule has 0 aliphatic rings. The highest BCUT2D eigenvalue weighted by Crippen LogP contribution is 2.13. The zero-order valence-electron chi connectivity index (χ0n) is 9.25. The molecule has 1 atom stereocenters. The van der Waals surface area contributed by atoms with E-state index in [1.165, 1.54) is 5.56 Å². The molecule has 0 aliphatic carbocycles. The molecule has 0 amide bonds. The van der Waals surface area contributed by atoms with Gasteiger partial charge in [0.1, 0.15) is 0 Å². The summed E-state index contributed by atoms with van der Waals surface area (Å²) in [6.07, 6.45) is 4.95. The van der Waals surface area contributed by atoms with E-state index in [-0.39, 0.29) is 6.10 Å². The first-order chi connectivity index (χ1) is 7.22. The van der Waals surface area contributed by atoms with Crippen LogP contribution in [-0.2, 0) is 6.42 Å². The van der Waals surface area contributed by atoms with Gasteiger partial charge in [0.15, 0.2) is 0 Å². The maximum atomic E-state index is 9.56. The average molecular weight is 271 g/mol. The minimum atomic E-state index is -0.106. The van der Waals surface area contributed by atoms with E-state index in [9.17, 15) is 5.11 Å². The van der Waals surface area contributed by atoms with E-state index in [2.05, 4.69) is 47.1 Å². The number of aliphatic hydroxyl groups excluding tert-OH is 1. The van der Waals surface area contributed by atoms with Gasteiger partial charge in [-0.05, 0) is 43.4 Å². The molecule has 1 aromatic carbocycles. The number of rotatable bonds is 6. The van der Waals surface area contributed by atoms with Crippen molar-refractivity contribution in [3.63, 3.8) is 0 Å². The second-order valence-corrected chi connectivity index (χ2v) is 4.88. The van der Waals surface area contributed by atoms with Crippen LogP contribution < -0.4 is 0 Å². The van der Waals surface area contributed by atoms with E-state index in [1.807, 2.05) is 0 Å². The Kier molecular flexibility index (Phi) is 5.96. The van der Waals surface area contributed by atoms with Crippen molar-refractivity contribution in [2.45, 2.75) is 45.1 Å². The summed E-state index contributed by atoms with van der Waals surface area (Å²) in [7, 11) is 0. The Hall–Kier alpha value is -0.340. The standard InChI is InChI=1S/C13H19BrO/c1-2-4-13(15)6-3-5-11-7-9-12(14)10-8-11/h7-10,13,15H,2-6H2,1H3. The number of hydrogen-bond acceptors (Lipinski definition) is 1. The third kappa shape index (κ3) is 5.33. The van der Waals surface area contributed by atoms with Crippen molar-refractivity contribution in [2.24, 2.45) is 0 Å². The topological polar surface area (TPSA) is 20.2 Å². The summed E-state index contributed by atoms with van der Waals surface area (Å²) in [6, 6.07) is 8.40. The fraction of sp³-hybridized carbons (Fsp3) is 0.538. The van der Waals surface area contributed by atoms with Crippen molar-refractivity contribution in [3.8, 4) is 0 Å². The normalized spacial score (nSPS) is 12.7. The van der Waals surface area contributed by atoms with Gasteiger partial charge in [0, 0.05) is 4.47 Å². The molecular weight excluding hydrogens is 252 g/mol. The van der Waals surface area contributed by atoms with E-state index in [4.69, 9.17) is 0 Å². The van der Waals surface area contributed by atoms with Gasteiger partial charge in [-0.25, -0.2) is 0 Å². The van der Waals surface area contributed by atoms with Gasteiger partial charge < -0.3 is 5.11 Å². The van der Waals surface area contributed by atoms with Crippen molar-refractivity contribution in [1.29, 1.82) is 0 Å². The smallest absolute Gasteiger partial charge is 0.0540 e. The lowest BCUT2D eigenvalue weighted by atomic mass is 10.0. The summed E-state index contributed by atoms with van der Waals surface area (Å²) in [5.74, 6) is 0. The lowest BCUT2D eigenvalue weighted by molar-refractivity contribution is 0.151. The summed E-state index contributed by atoms with van der Waals surface area (Å²) in [5.41, 5.74) is 1.35. The van der Waals surface area contributed by atoms with Crippen molar-refractivity contribution >= 4 is 15.9 Å². The Labute approximate surface area is 101 Å². The third-order valence-electron chi connectivity index (χ3n) is 2.54. The molecule has 1 aromatic rings. The molecule has 0 aliphatic heterocycles. The first-order valence-corrected chi connectivity index (χ1v) is 6.44. The van der Waals surface area contributed by atoms with Crippen LogP contribution >= 0.6 is 15.9 Å². The van der Waals surface area contributed by atoms with Crippen LogP contribution in [0.3, 0.4) is 0 Å². The molecule has 84 valence electrons. The van der Waals surface area contributed by atoms with Crippen LogP contribution in [0.25, 0.3) is 0 Å². The molecule has 1 nitrogen and oxygen atoms in total. The van der Waals surface area contributed by atoms with E-state index in [1.54, 1.807) is 0 Å². The maximum Gasteiger partial charge on any atom is 0.0540 e. The first kappa shape index (κ1) is 12.7. The highest BCUT2D eigenvalue weighted by Gasteiger charge is 2.02. The number of halogens is 1. The number of benzene rings is 1. The summed E-state index contributed by atoms with van der Waals surface area (Å²) in [6.45, 7) is 2.11. The van der Waals surface area contributed by atoms with Crippen LogP contribution in [-0.4, -0.2) is 11.2 Å². The molecule has 0 spiro atoms. The van der Waals surface area contributed by atoms with E-state index in [0.29, 0.717) is 0 Å². The van der Waals surface area contributed by atoms with Gasteiger partial charge in [-0.2, -0.15) is 0 Å². The molecule has 0 aromatic heterocycles. The highest BCUT2D eigenvalue weighted by molar-refractivity contribution is 9.10. The quantitative estimate of drug-likeness (QED) is 0.831. The van der Waals surface area contributed by atoms with Gasteiger partial charge >= 0.3 is 0 Å². The zero-order valence-corrected chi connectivity index (χ0v) is 10.8. The summed E-state index contributed by atoms with van der Waals surface area (Å²) in [5, 5.41) is 9.56. The van der Waals surface area contributed by atoms with Crippen molar-refractivity contribution in [2.75, 3.05) is 0 Å². The molecule has 0 radical (unpaired) electrons. The minimum absolute atomic E-state index is 0.106. The molecule has 15 heavy (non-hydrogen) atoms. The van der Waals surface area contributed by atoms with Crippen LogP contribution in [0.2, 0.25) is 0 Å². The van der Waals surface area contributed by atoms with Crippen LogP contribution in [0.15, 0.2) is 28.7 Å².